The molecule has 2 N–H and O–H groups in total. The van der Waals surface area contributed by atoms with Crippen LogP contribution >= 0.6 is 11.3 Å². The highest BCUT2D eigenvalue weighted by atomic mass is 32.1. The van der Waals surface area contributed by atoms with Gasteiger partial charge in [-0.05, 0) is 29.5 Å². The van der Waals surface area contributed by atoms with E-state index in [1.807, 2.05) is 0 Å². The molecule has 0 spiro atoms. The van der Waals surface area contributed by atoms with E-state index in [1.165, 1.54) is 11.3 Å². The summed E-state index contributed by atoms with van der Waals surface area (Å²) in [6.45, 7) is 3.53. The quantitative estimate of drug-likeness (QED) is 0.878. The second-order valence-electron chi connectivity index (χ2n) is 5.29. The number of halogens is 2. The standard InChI is InChI=1S/C16H16F2N2O2S/c1-9(2)14(20-15(21)13-4-3-7-23-13)16(22)19-12-6-5-10(17)8-11(12)18/h3-9,14H,1-2H3,(H,19,22)(H,20,21)/t14-/m0/s1. The van der Waals surface area contributed by atoms with Crippen molar-refractivity contribution < 1.29 is 18.4 Å². The third-order valence-corrected chi connectivity index (χ3v) is 4.04. The molecule has 1 heterocycles. The monoisotopic (exact) mass is 338 g/mol. The molecule has 0 aliphatic rings. The predicted molar refractivity (Wildman–Crippen MR) is 85.4 cm³/mol. The third kappa shape index (κ3) is 4.35. The van der Waals surface area contributed by atoms with E-state index in [-0.39, 0.29) is 17.5 Å². The van der Waals surface area contributed by atoms with E-state index in [2.05, 4.69) is 10.6 Å². The lowest BCUT2D eigenvalue weighted by Gasteiger charge is -2.21. The minimum atomic E-state index is -0.870. The third-order valence-electron chi connectivity index (χ3n) is 3.17. The van der Waals surface area contributed by atoms with Gasteiger partial charge in [-0.3, -0.25) is 9.59 Å². The number of rotatable bonds is 5. The number of hydrogen-bond acceptors (Lipinski definition) is 3. The van der Waals surface area contributed by atoms with Crippen molar-refractivity contribution in [3.8, 4) is 0 Å². The molecule has 0 aliphatic carbocycles. The van der Waals surface area contributed by atoms with Crippen molar-refractivity contribution in [2.45, 2.75) is 19.9 Å². The van der Waals surface area contributed by atoms with Crippen LogP contribution in [0.5, 0.6) is 0 Å². The molecule has 0 saturated heterocycles. The maximum atomic E-state index is 13.6. The average Bonchev–Trinajstić information content (AvgIpc) is 3.01. The van der Waals surface area contributed by atoms with Crippen molar-refractivity contribution >= 4 is 28.8 Å². The van der Waals surface area contributed by atoms with Crippen LogP contribution in [0.2, 0.25) is 0 Å². The highest BCUT2D eigenvalue weighted by Gasteiger charge is 2.25. The van der Waals surface area contributed by atoms with Gasteiger partial charge in [0.1, 0.15) is 17.7 Å². The largest absolute Gasteiger partial charge is 0.339 e. The molecule has 4 nitrogen and oxygen atoms in total. The predicted octanol–water partition coefficient (Wildman–Crippen LogP) is 3.42. The molecule has 0 radical (unpaired) electrons. The molecule has 1 aromatic carbocycles. The van der Waals surface area contributed by atoms with Gasteiger partial charge in [-0.25, -0.2) is 8.78 Å². The zero-order valence-corrected chi connectivity index (χ0v) is 13.4. The topological polar surface area (TPSA) is 58.2 Å². The fourth-order valence-electron chi connectivity index (χ4n) is 1.96. The summed E-state index contributed by atoms with van der Waals surface area (Å²) in [6.07, 6.45) is 0. The van der Waals surface area contributed by atoms with Crippen LogP contribution in [0.3, 0.4) is 0 Å². The van der Waals surface area contributed by atoms with E-state index >= 15 is 0 Å². The Balaban J connectivity index is 2.10. The van der Waals surface area contributed by atoms with E-state index < -0.39 is 23.6 Å². The number of amides is 2. The molecular weight excluding hydrogens is 322 g/mol. The number of carbonyl (C=O) groups excluding carboxylic acids is 2. The Hall–Kier alpha value is -2.28. The Labute approximate surface area is 136 Å². The molecule has 0 saturated carbocycles. The summed E-state index contributed by atoms with van der Waals surface area (Å²) in [5.74, 6) is -2.73. The van der Waals surface area contributed by atoms with Gasteiger partial charge in [0.25, 0.3) is 5.91 Å². The molecular formula is C16H16F2N2O2S. The first-order chi connectivity index (χ1) is 10.9. The Morgan fingerprint density at radius 2 is 1.91 bits per heavy atom. The minimum absolute atomic E-state index is 0.132. The molecule has 1 atom stereocenters. The lowest BCUT2D eigenvalue weighted by molar-refractivity contribution is -0.118. The summed E-state index contributed by atoms with van der Waals surface area (Å²) < 4.78 is 26.5. The molecule has 0 bridgehead atoms. The molecule has 1 aromatic heterocycles. The van der Waals surface area contributed by atoms with Gasteiger partial charge in [0.2, 0.25) is 5.91 Å². The van der Waals surface area contributed by atoms with Gasteiger partial charge in [-0.2, -0.15) is 0 Å². The summed E-state index contributed by atoms with van der Waals surface area (Å²) in [4.78, 5) is 24.9. The number of carbonyl (C=O) groups is 2. The average molecular weight is 338 g/mol. The van der Waals surface area contributed by atoms with E-state index in [0.717, 1.165) is 12.1 Å². The molecule has 7 heteroatoms. The smallest absolute Gasteiger partial charge is 0.262 e. The zero-order chi connectivity index (χ0) is 17.0. The number of thiophene rings is 1. The summed E-state index contributed by atoms with van der Waals surface area (Å²) >= 11 is 1.26. The number of hydrogen-bond donors (Lipinski definition) is 2. The maximum Gasteiger partial charge on any atom is 0.262 e. The molecule has 122 valence electrons. The van der Waals surface area contributed by atoms with Gasteiger partial charge in [0.15, 0.2) is 0 Å². The first-order valence-corrected chi connectivity index (χ1v) is 7.86. The van der Waals surface area contributed by atoms with Gasteiger partial charge in [0.05, 0.1) is 10.6 Å². The summed E-state index contributed by atoms with van der Waals surface area (Å²) in [7, 11) is 0. The fourth-order valence-corrected chi connectivity index (χ4v) is 2.58. The van der Waals surface area contributed by atoms with E-state index in [1.54, 1.807) is 31.4 Å². The van der Waals surface area contributed by atoms with Crippen molar-refractivity contribution in [1.82, 2.24) is 5.32 Å². The molecule has 2 aromatic rings. The Bertz CT molecular complexity index is 702. The van der Waals surface area contributed by atoms with Crippen LogP contribution in [0.1, 0.15) is 23.5 Å². The highest BCUT2D eigenvalue weighted by Crippen LogP contribution is 2.17. The highest BCUT2D eigenvalue weighted by molar-refractivity contribution is 7.12. The first kappa shape index (κ1) is 17.1. The second-order valence-corrected chi connectivity index (χ2v) is 6.23. The molecule has 0 aliphatic heterocycles. The number of benzene rings is 1. The molecule has 0 fully saturated rings. The van der Waals surface area contributed by atoms with Gasteiger partial charge in [-0.1, -0.05) is 19.9 Å². The number of anilines is 1. The van der Waals surface area contributed by atoms with Gasteiger partial charge < -0.3 is 10.6 Å². The van der Waals surface area contributed by atoms with Gasteiger partial charge in [0, 0.05) is 6.07 Å². The van der Waals surface area contributed by atoms with Crippen molar-refractivity contribution in [3.63, 3.8) is 0 Å². The van der Waals surface area contributed by atoms with Crippen molar-refractivity contribution in [3.05, 3.63) is 52.2 Å². The molecule has 2 amide bonds. The minimum Gasteiger partial charge on any atom is -0.339 e. The van der Waals surface area contributed by atoms with Crippen molar-refractivity contribution in [2.24, 2.45) is 5.92 Å². The van der Waals surface area contributed by atoms with Crippen molar-refractivity contribution in [2.75, 3.05) is 5.32 Å². The molecule has 23 heavy (non-hydrogen) atoms. The molecule has 0 unspecified atom stereocenters. The van der Waals surface area contributed by atoms with Crippen LogP contribution in [0.4, 0.5) is 14.5 Å². The number of nitrogens with one attached hydrogen (secondary N) is 2. The van der Waals surface area contributed by atoms with Crippen LogP contribution in [0, 0.1) is 17.6 Å². The van der Waals surface area contributed by atoms with Crippen molar-refractivity contribution in [1.29, 1.82) is 0 Å². The maximum absolute atomic E-state index is 13.6. The summed E-state index contributed by atoms with van der Waals surface area (Å²) in [6, 6.07) is 5.42. The lowest BCUT2D eigenvalue weighted by atomic mass is 10.0. The van der Waals surface area contributed by atoms with Gasteiger partial charge in [-0.15, -0.1) is 11.3 Å². The van der Waals surface area contributed by atoms with Crippen LogP contribution < -0.4 is 10.6 Å². The van der Waals surface area contributed by atoms with E-state index in [9.17, 15) is 18.4 Å². The first-order valence-electron chi connectivity index (χ1n) is 6.98. The summed E-state index contributed by atoms with van der Waals surface area (Å²) in [5, 5.41) is 6.77. The lowest BCUT2D eigenvalue weighted by Crippen LogP contribution is -2.47. The van der Waals surface area contributed by atoms with E-state index in [4.69, 9.17) is 0 Å². The Morgan fingerprint density at radius 1 is 1.17 bits per heavy atom. The van der Waals surface area contributed by atoms with E-state index in [0.29, 0.717) is 10.9 Å². The van der Waals surface area contributed by atoms with Crippen LogP contribution in [0.25, 0.3) is 0 Å². The Kier molecular flexibility index (Phi) is 5.44. The van der Waals surface area contributed by atoms with Crippen LogP contribution in [0.15, 0.2) is 35.7 Å². The van der Waals surface area contributed by atoms with Crippen LogP contribution in [-0.4, -0.2) is 17.9 Å². The normalized spacial score (nSPS) is 12.0. The fraction of sp³-hybridized carbons (Fsp3) is 0.250. The SMILES string of the molecule is CC(C)[C@H](NC(=O)c1cccs1)C(=O)Nc1ccc(F)cc1F. The summed E-state index contributed by atoms with van der Waals surface area (Å²) in [5.41, 5.74) is -0.132. The second kappa shape index (κ2) is 7.32. The molecule has 2 rings (SSSR count). The zero-order valence-electron chi connectivity index (χ0n) is 12.6. The van der Waals surface area contributed by atoms with Gasteiger partial charge >= 0.3 is 0 Å². The van der Waals surface area contributed by atoms with Crippen LogP contribution in [-0.2, 0) is 4.79 Å². The Morgan fingerprint density at radius 3 is 2.48 bits per heavy atom.